The van der Waals surface area contributed by atoms with Gasteiger partial charge in [0, 0.05) is 16.8 Å². The molecule has 0 aromatic heterocycles. The summed E-state index contributed by atoms with van der Waals surface area (Å²) in [6, 6.07) is 22.1. The maximum Gasteiger partial charge on any atom is 0.261 e. The average Bonchev–Trinajstić information content (AvgIpc) is 3.17. The molecule has 2 aromatic carbocycles. The molecular formula is C35H53BrO2Si2. The maximum absolute atomic E-state index is 7.71. The van der Waals surface area contributed by atoms with Gasteiger partial charge in [-0.3, -0.25) is 0 Å². The van der Waals surface area contributed by atoms with Gasteiger partial charge in [-0.2, -0.15) is 0 Å². The fraction of sp³-hybridized carbons (Fsp3) is 0.543. The lowest BCUT2D eigenvalue weighted by molar-refractivity contribution is 0.149. The zero-order valence-electron chi connectivity index (χ0n) is 26.5. The predicted octanol–water partition coefficient (Wildman–Crippen LogP) is 10.1. The molecule has 0 aliphatic heterocycles. The first-order valence-electron chi connectivity index (χ1n) is 15.3. The van der Waals surface area contributed by atoms with Crippen molar-refractivity contribution in [3.8, 4) is 0 Å². The second-order valence-electron chi connectivity index (χ2n) is 14.0. The van der Waals surface area contributed by atoms with Crippen LogP contribution >= 0.6 is 15.9 Å². The van der Waals surface area contributed by atoms with E-state index < -0.39 is 16.6 Å². The van der Waals surface area contributed by atoms with Crippen molar-refractivity contribution in [2.24, 2.45) is 5.92 Å². The highest BCUT2D eigenvalue weighted by molar-refractivity contribution is 9.11. The van der Waals surface area contributed by atoms with Crippen LogP contribution in [0.3, 0.4) is 0 Å². The van der Waals surface area contributed by atoms with Crippen molar-refractivity contribution in [2.45, 2.75) is 116 Å². The molecule has 0 heterocycles. The molecule has 3 rings (SSSR count). The summed E-state index contributed by atoms with van der Waals surface area (Å²) in [4.78, 5) is 0. The number of rotatable bonds is 12. The lowest BCUT2D eigenvalue weighted by Crippen LogP contribution is -2.68. The molecule has 0 saturated carbocycles. The van der Waals surface area contributed by atoms with Gasteiger partial charge in [-0.15, -0.1) is 0 Å². The van der Waals surface area contributed by atoms with Crippen LogP contribution in [0.4, 0.5) is 0 Å². The molecule has 220 valence electrons. The molecule has 40 heavy (non-hydrogen) atoms. The van der Waals surface area contributed by atoms with Crippen LogP contribution < -0.4 is 10.4 Å². The molecule has 0 spiro atoms. The molecule has 0 bridgehead atoms. The molecule has 2 nitrogen and oxygen atoms in total. The van der Waals surface area contributed by atoms with E-state index in [4.69, 9.17) is 8.85 Å². The quantitative estimate of drug-likeness (QED) is 0.130. The lowest BCUT2D eigenvalue weighted by atomic mass is 10.0. The van der Waals surface area contributed by atoms with Crippen molar-refractivity contribution >= 4 is 42.9 Å². The first kappa shape index (κ1) is 33.1. The van der Waals surface area contributed by atoms with Gasteiger partial charge in [0.1, 0.15) is 0 Å². The standard InChI is InChI=1S/C35H53BrO2Si2/c1-10-11-12-13-14-21-26-30-31(27-32(33(30)36)37-39(8,9)34(2,3)4)38-40(35(5,6)7,28-22-17-15-18-23-28)29-24-19-16-20-25-29/h14-25,30-31H,10-13,26-27H2,1-9H3/b21-14-/t30-,31+/m0/s1. The Morgan fingerprint density at radius 1 is 0.825 bits per heavy atom. The Bertz CT molecular complexity index is 1090. The smallest absolute Gasteiger partial charge is 0.261 e. The SMILES string of the molecule is CCCCC/C=C\C[C@@H]1C(Br)=C(O[Si](C)(C)C(C)(C)C)C[C@H]1O[Si](c1ccccc1)(c1ccccc1)C(C)(C)C. The lowest BCUT2D eigenvalue weighted by Gasteiger charge is -2.45. The summed E-state index contributed by atoms with van der Waals surface area (Å²) in [6.45, 7) is 21.0. The summed E-state index contributed by atoms with van der Waals surface area (Å²) in [6.07, 6.45) is 11.5. The normalized spacial score (nSPS) is 19.1. The molecule has 0 fully saturated rings. The molecular weight excluding hydrogens is 588 g/mol. The Morgan fingerprint density at radius 3 is 1.85 bits per heavy atom. The zero-order valence-corrected chi connectivity index (χ0v) is 30.1. The molecule has 1 aliphatic rings. The zero-order chi connectivity index (χ0) is 29.6. The van der Waals surface area contributed by atoms with Gasteiger partial charge in [-0.25, -0.2) is 0 Å². The maximum atomic E-state index is 7.71. The number of hydrogen-bond donors (Lipinski definition) is 0. The summed E-state index contributed by atoms with van der Waals surface area (Å²) in [5, 5.41) is 2.74. The van der Waals surface area contributed by atoms with E-state index in [-0.39, 0.29) is 22.1 Å². The van der Waals surface area contributed by atoms with E-state index in [1.807, 2.05) is 0 Å². The predicted molar refractivity (Wildman–Crippen MR) is 183 cm³/mol. The van der Waals surface area contributed by atoms with Gasteiger partial charge in [-0.05, 0) is 52.8 Å². The average molecular weight is 642 g/mol. The molecule has 1 aliphatic carbocycles. The number of halogens is 1. The Morgan fingerprint density at radius 2 is 1.38 bits per heavy atom. The summed E-state index contributed by atoms with van der Waals surface area (Å²) < 4.78 is 15.9. The third-order valence-electron chi connectivity index (χ3n) is 8.89. The summed E-state index contributed by atoms with van der Waals surface area (Å²) >= 11 is 4.07. The second kappa shape index (κ2) is 13.7. The summed E-state index contributed by atoms with van der Waals surface area (Å²) in [5.41, 5.74) is 0. The van der Waals surface area contributed by atoms with Crippen LogP contribution in [0.2, 0.25) is 23.2 Å². The fourth-order valence-corrected chi connectivity index (χ4v) is 12.2. The van der Waals surface area contributed by atoms with Gasteiger partial charge >= 0.3 is 0 Å². The minimum atomic E-state index is -2.69. The van der Waals surface area contributed by atoms with Crippen molar-refractivity contribution in [2.75, 3.05) is 0 Å². The van der Waals surface area contributed by atoms with Crippen molar-refractivity contribution < 1.29 is 8.85 Å². The van der Waals surface area contributed by atoms with Gasteiger partial charge in [0.2, 0.25) is 8.32 Å². The Labute approximate surface area is 256 Å². The van der Waals surface area contributed by atoms with Gasteiger partial charge in [0.15, 0.2) is 0 Å². The minimum absolute atomic E-state index is 0.0424. The van der Waals surface area contributed by atoms with E-state index in [0.29, 0.717) is 0 Å². The number of benzene rings is 2. The molecule has 0 radical (unpaired) electrons. The molecule has 2 aromatic rings. The number of unbranched alkanes of at least 4 members (excludes halogenated alkanes) is 3. The fourth-order valence-electron chi connectivity index (χ4n) is 5.51. The highest BCUT2D eigenvalue weighted by atomic mass is 79.9. The molecule has 2 atom stereocenters. The Hall–Kier alpha value is -1.41. The number of allylic oxidation sites excluding steroid dienone is 2. The molecule has 5 heteroatoms. The second-order valence-corrected chi connectivity index (χ2v) is 23.8. The van der Waals surface area contributed by atoms with Gasteiger partial charge < -0.3 is 8.85 Å². The monoisotopic (exact) mass is 640 g/mol. The third kappa shape index (κ3) is 7.51. The largest absolute Gasteiger partial charge is 0.546 e. The van der Waals surface area contributed by atoms with E-state index in [0.717, 1.165) is 25.0 Å². The first-order chi connectivity index (χ1) is 18.7. The van der Waals surface area contributed by atoms with Gasteiger partial charge in [0.05, 0.1) is 11.9 Å². The van der Waals surface area contributed by atoms with E-state index >= 15 is 0 Å². The van der Waals surface area contributed by atoms with Gasteiger partial charge in [-0.1, -0.05) is 150 Å². The van der Waals surface area contributed by atoms with Crippen LogP contribution in [-0.4, -0.2) is 22.7 Å². The van der Waals surface area contributed by atoms with Crippen LogP contribution in [-0.2, 0) is 8.85 Å². The molecule has 0 unspecified atom stereocenters. The van der Waals surface area contributed by atoms with Crippen LogP contribution in [0.15, 0.2) is 83.1 Å². The van der Waals surface area contributed by atoms with Crippen molar-refractivity contribution in [3.63, 3.8) is 0 Å². The highest BCUT2D eigenvalue weighted by Gasteiger charge is 2.54. The summed E-state index contributed by atoms with van der Waals surface area (Å²) in [7, 11) is -4.69. The minimum Gasteiger partial charge on any atom is -0.546 e. The molecule has 0 N–H and O–H groups in total. The van der Waals surface area contributed by atoms with Crippen LogP contribution in [0, 0.1) is 5.92 Å². The summed E-state index contributed by atoms with van der Waals surface area (Å²) in [5.74, 6) is 1.35. The van der Waals surface area contributed by atoms with E-state index in [9.17, 15) is 0 Å². The van der Waals surface area contributed by atoms with Gasteiger partial charge in [0.25, 0.3) is 8.32 Å². The van der Waals surface area contributed by atoms with Crippen molar-refractivity contribution in [1.82, 2.24) is 0 Å². The van der Waals surface area contributed by atoms with Crippen LogP contribution in [0.1, 0.15) is 87.0 Å². The number of hydrogen-bond acceptors (Lipinski definition) is 2. The highest BCUT2D eigenvalue weighted by Crippen LogP contribution is 2.48. The molecule has 0 saturated heterocycles. The van der Waals surface area contributed by atoms with E-state index in [2.05, 4.69) is 150 Å². The van der Waals surface area contributed by atoms with Crippen molar-refractivity contribution in [3.05, 3.63) is 83.1 Å². The van der Waals surface area contributed by atoms with E-state index in [1.165, 1.54) is 34.1 Å². The molecule has 0 amide bonds. The van der Waals surface area contributed by atoms with Crippen molar-refractivity contribution in [1.29, 1.82) is 0 Å². The van der Waals surface area contributed by atoms with Crippen LogP contribution in [0.5, 0.6) is 0 Å². The van der Waals surface area contributed by atoms with E-state index in [1.54, 1.807) is 0 Å². The first-order valence-corrected chi connectivity index (χ1v) is 20.9. The Balaban J connectivity index is 2.06. The third-order valence-corrected chi connectivity index (χ3v) is 19.3. The Kier molecular flexibility index (Phi) is 11.3. The van der Waals surface area contributed by atoms with Crippen LogP contribution in [0.25, 0.3) is 0 Å². The topological polar surface area (TPSA) is 18.5 Å².